The molecule has 0 saturated heterocycles. The lowest BCUT2D eigenvalue weighted by Crippen LogP contribution is -2.33. The summed E-state index contributed by atoms with van der Waals surface area (Å²) in [6.45, 7) is 9.90. The maximum Gasteiger partial charge on any atom is 0.252 e. The number of nitrogens with zero attached hydrogens (tertiary/aromatic N) is 2. The highest BCUT2D eigenvalue weighted by Crippen LogP contribution is 2.20. The van der Waals surface area contributed by atoms with E-state index >= 15 is 0 Å². The van der Waals surface area contributed by atoms with Gasteiger partial charge in [0.05, 0.1) is 6.04 Å². The molecule has 2 N–H and O–H groups in total. The van der Waals surface area contributed by atoms with E-state index in [4.69, 9.17) is 0 Å². The van der Waals surface area contributed by atoms with Gasteiger partial charge in [0.1, 0.15) is 5.82 Å². The van der Waals surface area contributed by atoms with Crippen LogP contribution in [0.1, 0.15) is 53.0 Å². The molecule has 1 aromatic carbocycles. The predicted octanol–water partition coefficient (Wildman–Crippen LogP) is 2.86. The minimum absolute atomic E-state index is 0.0858. The summed E-state index contributed by atoms with van der Waals surface area (Å²) in [5, 5.41) is 10.0. The summed E-state index contributed by atoms with van der Waals surface area (Å²) in [7, 11) is 0. The van der Waals surface area contributed by atoms with Crippen molar-refractivity contribution in [2.24, 2.45) is 5.92 Å². The second-order valence-electron chi connectivity index (χ2n) is 5.72. The summed E-state index contributed by atoms with van der Waals surface area (Å²) in [5.41, 5.74) is 2.81. The first kappa shape index (κ1) is 15.2. The standard InChI is InChI=1S/C16H22N4O/c1-9(2)14(15-17-12(5)19-20-15)18-16(21)13-8-6-7-10(3)11(13)4/h6-9,14H,1-5H3,(H,18,21)(H,17,19,20)/t14-/m0/s1. The Labute approximate surface area is 125 Å². The van der Waals surface area contributed by atoms with Crippen molar-refractivity contribution in [3.63, 3.8) is 0 Å². The number of aromatic amines is 1. The van der Waals surface area contributed by atoms with Crippen molar-refractivity contribution < 1.29 is 4.79 Å². The highest BCUT2D eigenvalue weighted by Gasteiger charge is 2.23. The lowest BCUT2D eigenvalue weighted by molar-refractivity contribution is 0.0922. The molecule has 5 heteroatoms. The van der Waals surface area contributed by atoms with E-state index < -0.39 is 0 Å². The molecule has 112 valence electrons. The predicted molar refractivity (Wildman–Crippen MR) is 82.1 cm³/mol. The van der Waals surface area contributed by atoms with Crippen molar-refractivity contribution in [3.05, 3.63) is 46.5 Å². The Morgan fingerprint density at radius 1 is 1.24 bits per heavy atom. The average molecular weight is 286 g/mol. The summed E-state index contributed by atoms with van der Waals surface area (Å²) in [6, 6.07) is 5.55. The SMILES string of the molecule is Cc1nc([C@@H](NC(=O)c2cccc(C)c2C)C(C)C)n[nH]1. The Kier molecular flexibility index (Phi) is 4.40. The summed E-state index contributed by atoms with van der Waals surface area (Å²) < 4.78 is 0. The number of carbonyl (C=O) groups is 1. The van der Waals surface area contributed by atoms with Gasteiger partial charge in [-0.25, -0.2) is 4.98 Å². The highest BCUT2D eigenvalue weighted by molar-refractivity contribution is 5.96. The molecule has 21 heavy (non-hydrogen) atoms. The molecule has 0 spiro atoms. The van der Waals surface area contributed by atoms with Gasteiger partial charge >= 0.3 is 0 Å². The van der Waals surface area contributed by atoms with Gasteiger partial charge < -0.3 is 5.32 Å². The summed E-state index contributed by atoms with van der Waals surface area (Å²) in [6.07, 6.45) is 0. The zero-order valence-electron chi connectivity index (χ0n) is 13.2. The molecular weight excluding hydrogens is 264 g/mol. The molecule has 0 fully saturated rings. The zero-order chi connectivity index (χ0) is 15.6. The summed E-state index contributed by atoms with van der Waals surface area (Å²) in [4.78, 5) is 16.9. The summed E-state index contributed by atoms with van der Waals surface area (Å²) >= 11 is 0. The van der Waals surface area contributed by atoms with Crippen LogP contribution in [-0.4, -0.2) is 21.1 Å². The van der Waals surface area contributed by atoms with Crippen molar-refractivity contribution in [1.29, 1.82) is 0 Å². The molecule has 0 radical (unpaired) electrons. The normalized spacial score (nSPS) is 12.5. The van der Waals surface area contributed by atoms with Crippen molar-refractivity contribution in [1.82, 2.24) is 20.5 Å². The Morgan fingerprint density at radius 2 is 1.95 bits per heavy atom. The lowest BCUT2D eigenvalue weighted by atomic mass is 10.00. The first-order chi connectivity index (χ1) is 9.90. The Morgan fingerprint density at radius 3 is 2.52 bits per heavy atom. The minimum atomic E-state index is -0.206. The molecule has 0 bridgehead atoms. The van der Waals surface area contributed by atoms with Crippen LogP contribution >= 0.6 is 0 Å². The van der Waals surface area contributed by atoms with E-state index in [1.54, 1.807) is 0 Å². The number of amides is 1. The number of aryl methyl sites for hydroxylation is 2. The number of benzene rings is 1. The fourth-order valence-corrected chi connectivity index (χ4v) is 2.24. The van der Waals surface area contributed by atoms with Crippen LogP contribution in [0.4, 0.5) is 0 Å². The number of rotatable bonds is 4. The van der Waals surface area contributed by atoms with E-state index in [1.165, 1.54) is 0 Å². The molecule has 1 amide bonds. The monoisotopic (exact) mass is 286 g/mol. The Bertz CT molecular complexity index is 645. The minimum Gasteiger partial charge on any atom is -0.342 e. The number of H-pyrrole nitrogens is 1. The van der Waals surface area contributed by atoms with Crippen molar-refractivity contribution in [3.8, 4) is 0 Å². The molecule has 2 aromatic rings. The van der Waals surface area contributed by atoms with Gasteiger partial charge in [0.25, 0.3) is 5.91 Å². The van der Waals surface area contributed by atoms with E-state index in [9.17, 15) is 4.79 Å². The van der Waals surface area contributed by atoms with Gasteiger partial charge in [0.15, 0.2) is 5.82 Å². The smallest absolute Gasteiger partial charge is 0.252 e. The van der Waals surface area contributed by atoms with Crippen LogP contribution in [0, 0.1) is 26.7 Å². The van der Waals surface area contributed by atoms with Crippen LogP contribution in [0.5, 0.6) is 0 Å². The molecule has 0 saturated carbocycles. The molecule has 1 aromatic heterocycles. The third-order valence-corrected chi connectivity index (χ3v) is 3.70. The quantitative estimate of drug-likeness (QED) is 0.908. The summed E-state index contributed by atoms with van der Waals surface area (Å²) in [5.74, 6) is 1.49. The maximum absolute atomic E-state index is 12.5. The third-order valence-electron chi connectivity index (χ3n) is 3.70. The van der Waals surface area contributed by atoms with Gasteiger partial charge in [-0.15, -0.1) is 0 Å². The fraction of sp³-hybridized carbons (Fsp3) is 0.438. The fourth-order valence-electron chi connectivity index (χ4n) is 2.24. The second-order valence-corrected chi connectivity index (χ2v) is 5.72. The first-order valence-corrected chi connectivity index (χ1v) is 7.16. The van der Waals surface area contributed by atoms with Crippen molar-refractivity contribution >= 4 is 5.91 Å². The third kappa shape index (κ3) is 3.29. The molecule has 2 rings (SSSR count). The van der Waals surface area contributed by atoms with Gasteiger partial charge in [-0.3, -0.25) is 9.89 Å². The van der Waals surface area contributed by atoms with Crippen LogP contribution < -0.4 is 5.32 Å². The van der Waals surface area contributed by atoms with Crippen LogP contribution in [-0.2, 0) is 0 Å². The topological polar surface area (TPSA) is 70.7 Å². The molecule has 5 nitrogen and oxygen atoms in total. The molecular formula is C16H22N4O. The molecule has 1 heterocycles. The number of aromatic nitrogens is 3. The van der Waals surface area contributed by atoms with E-state index in [2.05, 4.69) is 20.5 Å². The molecule has 0 aliphatic carbocycles. The van der Waals surface area contributed by atoms with Crippen molar-refractivity contribution in [2.45, 2.75) is 40.7 Å². The van der Waals surface area contributed by atoms with Crippen LogP contribution in [0.25, 0.3) is 0 Å². The van der Waals surface area contributed by atoms with Crippen LogP contribution in [0.2, 0.25) is 0 Å². The Balaban J connectivity index is 2.25. The average Bonchev–Trinajstić information content (AvgIpc) is 2.84. The van der Waals surface area contributed by atoms with Crippen LogP contribution in [0.3, 0.4) is 0 Å². The Hall–Kier alpha value is -2.17. The van der Waals surface area contributed by atoms with E-state index in [1.807, 2.05) is 52.8 Å². The van der Waals surface area contributed by atoms with E-state index in [-0.39, 0.29) is 17.9 Å². The largest absolute Gasteiger partial charge is 0.342 e. The number of carbonyl (C=O) groups excluding carboxylic acids is 1. The molecule has 0 aliphatic heterocycles. The second kappa shape index (κ2) is 6.08. The van der Waals surface area contributed by atoms with Gasteiger partial charge in [-0.05, 0) is 43.9 Å². The first-order valence-electron chi connectivity index (χ1n) is 7.16. The molecule has 0 aliphatic rings. The number of hydrogen-bond acceptors (Lipinski definition) is 3. The van der Waals surface area contributed by atoms with Crippen molar-refractivity contribution in [2.75, 3.05) is 0 Å². The van der Waals surface area contributed by atoms with E-state index in [0.29, 0.717) is 11.4 Å². The molecule has 1 atom stereocenters. The van der Waals surface area contributed by atoms with Gasteiger partial charge in [0, 0.05) is 5.56 Å². The van der Waals surface area contributed by atoms with E-state index in [0.717, 1.165) is 17.0 Å². The number of nitrogens with one attached hydrogen (secondary N) is 2. The van der Waals surface area contributed by atoms with Gasteiger partial charge in [-0.1, -0.05) is 26.0 Å². The lowest BCUT2D eigenvalue weighted by Gasteiger charge is -2.20. The van der Waals surface area contributed by atoms with Gasteiger partial charge in [-0.2, -0.15) is 5.10 Å². The molecule has 0 unspecified atom stereocenters. The van der Waals surface area contributed by atoms with Crippen LogP contribution in [0.15, 0.2) is 18.2 Å². The zero-order valence-corrected chi connectivity index (χ0v) is 13.2. The number of hydrogen-bond donors (Lipinski definition) is 2. The highest BCUT2D eigenvalue weighted by atomic mass is 16.1. The maximum atomic E-state index is 12.5. The van der Waals surface area contributed by atoms with Gasteiger partial charge in [0.2, 0.25) is 0 Å².